The van der Waals surface area contributed by atoms with Crippen LogP contribution in [-0.2, 0) is 16.6 Å². The van der Waals surface area contributed by atoms with E-state index in [-0.39, 0.29) is 29.9 Å². The molecule has 24 heavy (non-hydrogen) atoms. The van der Waals surface area contributed by atoms with Crippen molar-refractivity contribution in [3.05, 3.63) is 24.0 Å². The standard InChI is InChI=1S/C18H27N3O3/c1-17(2)12-18(14(24-17)11-15(22)19-3)8-6-10-21(18)16(23)13-7-5-9-20(13)4/h5,7,9,14H,6,8,10-12H2,1-4H3,(H,19,22)/t14-,18+/m0/s1. The molecule has 6 heteroatoms. The first-order valence-corrected chi connectivity index (χ1v) is 8.61. The maximum Gasteiger partial charge on any atom is 0.271 e. The predicted octanol–water partition coefficient (Wildman–Crippen LogP) is 1.70. The summed E-state index contributed by atoms with van der Waals surface area (Å²) in [5.74, 6) is -0.0153. The van der Waals surface area contributed by atoms with Crippen molar-refractivity contribution in [3.63, 3.8) is 0 Å². The smallest absolute Gasteiger partial charge is 0.271 e. The highest BCUT2D eigenvalue weighted by atomic mass is 16.5. The normalized spacial score (nSPS) is 28.5. The van der Waals surface area contributed by atoms with Crippen LogP contribution >= 0.6 is 0 Å². The molecule has 2 aliphatic rings. The Morgan fingerprint density at radius 1 is 1.42 bits per heavy atom. The van der Waals surface area contributed by atoms with E-state index >= 15 is 0 Å². The zero-order valence-electron chi connectivity index (χ0n) is 15.0. The molecule has 2 atom stereocenters. The summed E-state index contributed by atoms with van der Waals surface area (Å²) in [5, 5.41) is 2.68. The van der Waals surface area contributed by atoms with Gasteiger partial charge in [-0.05, 0) is 38.8 Å². The average molecular weight is 333 g/mol. The van der Waals surface area contributed by atoms with Crippen molar-refractivity contribution in [1.82, 2.24) is 14.8 Å². The van der Waals surface area contributed by atoms with E-state index in [1.807, 2.05) is 48.7 Å². The van der Waals surface area contributed by atoms with E-state index in [0.29, 0.717) is 12.2 Å². The van der Waals surface area contributed by atoms with Gasteiger partial charge in [0, 0.05) is 33.3 Å². The molecule has 132 valence electrons. The topological polar surface area (TPSA) is 63.6 Å². The van der Waals surface area contributed by atoms with Crippen molar-refractivity contribution in [2.75, 3.05) is 13.6 Å². The summed E-state index contributed by atoms with van der Waals surface area (Å²) in [6.45, 7) is 4.80. The molecule has 0 unspecified atom stereocenters. The molecular weight excluding hydrogens is 306 g/mol. The van der Waals surface area contributed by atoms with Crippen LogP contribution in [0.1, 0.15) is 50.0 Å². The summed E-state index contributed by atoms with van der Waals surface area (Å²) in [7, 11) is 3.52. The van der Waals surface area contributed by atoms with Gasteiger partial charge in [-0.25, -0.2) is 0 Å². The molecular formula is C18H27N3O3. The number of nitrogens with one attached hydrogen (secondary N) is 1. The highest BCUT2D eigenvalue weighted by Gasteiger charge is 2.58. The highest BCUT2D eigenvalue weighted by molar-refractivity contribution is 5.93. The first-order chi connectivity index (χ1) is 11.3. The van der Waals surface area contributed by atoms with Crippen LogP contribution in [0.25, 0.3) is 0 Å². The quantitative estimate of drug-likeness (QED) is 0.916. The summed E-state index contributed by atoms with van der Waals surface area (Å²) >= 11 is 0. The van der Waals surface area contributed by atoms with Crippen LogP contribution < -0.4 is 5.32 Å². The van der Waals surface area contributed by atoms with Crippen molar-refractivity contribution in [3.8, 4) is 0 Å². The van der Waals surface area contributed by atoms with E-state index in [2.05, 4.69) is 5.32 Å². The van der Waals surface area contributed by atoms with E-state index < -0.39 is 5.54 Å². The molecule has 2 fully saturated rings. The minimum Gasteiger partial charge on any atom is -0.369 e. The Morgan fingerprint density at radius 2 is 2.17 bits per heavy atom. The van der Waals surface area contributed by atoms with Crippen LogP contribution in [0, 0.1) is 0 Å². The molecule has 2 aliphatic heterocycles. The zero-order chi connectivity index (χ0) is 17.5. The van der Waals surface area contributed by atoms with E-state index in [1.165, 1.54) is 0 Å². The van der Waals surface area contributed by atoms with Gasteiger partial charge in [0.25, 0.3) is 5.91 Å². The van der Waals surface area contributed by atoms with Crippen LogP contribution in [0.3, 0.4) is 0 Å². The third-order valence-electron chi connectivity index (χ3n) is 5.38. The van der Waals surface area contributed by atoms with Crippen molar-refractivity contribution in [1.29, 1.82) is 0 Å². The van der Waals surface area contributed by atoms with Crippen molar-refractivity contribution >= 4 is 11.8 Å². The third-order valence-corrected chi connectivity index (χ3v) is 5.38. The minimum atomic E-state index is -0.392. The fourth-order valence-electron chi connectivity index (χ4n) is 4.43. The van der Waals surface area contributed by atoms with Gasteiger partial charge in [-0.3, -0.25) is 9.59 Å². The molecule has 0 aliphatic carbocycles. The lowest BCUT2D eigenvalue weighted by Crippen LogP contribution is -2.54. The largest absolute Gasteiger partial charge is 0.369 e. The Bertz CT molecular complexity index is 652. The lowest BCUT2D eigenvalue weighted by Gasteiger charge is -2.38. The minimum absolute atomic E-state index is 0.0307. The Hall–Kier alpha value is -1.82. The van der Waals surface area contributed by atoms with Gasteiger partial charge in [0.1, 0.15) is 5.69 Å². The second-order valence-electron chi connectivity index (χ2n) is 7.59. The summed E-state index contributed by atoms with van der Waals surface area (Å²) in [5.41, 5.74) is -0.0488. The summed E-state index contributed by atoms with van der Waals surface area (Å²) < 4.78 is 8.08. The van der Waals surface area contributed by atoms with Crippen LogP contribution in [0.15, 0.2) is 18.3 Å². The fourth-order valence-corrected chi connectivity index (χ4v) is 4.43. The average Bonchev–Trinajstić information content (AvgIpc) is 3.17. The number of likely N-dealkylation sites (tertiary alicyclic amines) is 1. The van der Waals surface area contributed by atoms with Gasteiger partial charge in [0.2, 0.25) is 5.91 Å². The van der Waals surface area contributed by atoms with Gasteiger partial charge in [-0.15, -0.1) is 0 Å². The monoisotopic (exact) mass is 333 g/mol. The third kappa shape index (κ3) is 2.73. The van der Waals surface area contributed by atoms with Crippen molar-refractivity contribution in [2.24, 2.45) is 7.05 Å². The number of nitrogens with zero attached hydrogens (tertiary/aromatic N) is 2. The SMILES string of the molecule is CNC(=O)C[C@@H]1OC(C)(C)C[C@]12CCCN2C(=O)c1cccn1C. The Balaban J connectivity index is 1.94. The molecule has 3 heterocycles. The second-order valence-corrected chi connectivity index (χ2v) is 7.59. The van der Waals surface area contributed by atoms with Crippen molar-refractivity contribution < 1.29 is 14.3 Å². The number of carbonyl (C=O) groups excluding carboxylic acids is 2. The van der Waals surface area contributed by atoms with E-state index in [4.69, 9.17) is 4.74 Å². The number of hydrogen-bond donors (Lipinski definition) is 1. The molecule has 6 nitrogen and oxygen atoms in total. The van der Waals surface area contributed by atoms with Gasteiger partial charge < -0.3 is 19.5 Å². The highest BCUT2D eigenvalue weighted by Crippen LogP contribution is 2.49. The molecule has 0 saturated carbocycles. The van der Waals surface area contributed by atoms with Gasteiger partial charge >= 0.3 is 0 Å². The van der Waals surface area contributed by atoms with E-state index in [0.717, 1.165) is 19.3 Å². The number of aryl methyl sites for hydroxylation is 1. The maximum atomic E-state index is 13.2. The number of aromatic nitrogens is 1. The molecule has 1 aromatic heterocycles. The fraction of sp³-hybridized carbons (Fsp3) is 0.667. The van der Waals surface area contributed by atoms with Gasteiger partial charge in [0.15, 0.2) is 0 Å². The number of amides is 2. The number of rotatable bonds is 3. The second kappa shape index (κ2) is 5.92. The van der Waals surface area contributed by atoms with E-state index in [9.17, 15) is 9.59 Å². The summed E-state index contributed by atoms with van der Waals surface area (Å²) in [6, 6.07) is 3.73. The predicted molar refractivity (Wildman–Crippen MR) is 90.7 cm³/mol. The molecule has 3 rings (SSSR count). The number of carbonyl (C=O) groups is 2. The molecule has 0 radical (unpaired) electrons. The van der Waals surface area contributed by atoms with Gasteiger partial charge in [-0.2, -0.15) is 0 Å². The summed E-state index contributed by atoms with van der Waals surface area (Å²) in [6.07, 6.45) is 4.50. The van der Waals surface area contributed by atoms with Crippen LogP contribution in [0.2, 0.25) is 0 Å². The Labute approximate surface area is 143 Å². The Morgan fingerprint density at radius 3 is 2.79 bits per heavy atom. The molecule has 0 aromatic carbocycles. The molecule has 1 aromatic rings. The van der Waals surface area contributed by atoms with Crippen molar-refractivity contribution in [2.45, 2.75) is 56.8 Å². The summed E-state index contributed by atoms with van der Waals surface area (Å²) in [4.78, 5) is 27.1. The zero-order valence-corrected chi connectivity index (χ0v) is 15.0. The van der Waals surface area contributed by atoms with Gasteiger partial charge in [-0.1, -0.05) is 0 Å². The van der Waals surface area contributed by atoms with Crippen LogP contribution in [0.4, 0.5) is 0 Å². The lowest BCUT2D eigenvalue weighted by molar-refractivity contribution is -0.126. The molecule has 0 bridgehead atoms. The Kier molecular flexibility index (Phi) is 4.20. The van der Waals surface area contributed by atoms with Crippen LogP contribution in [0.5, 0.6) is 0 Å². The number of ether oxygens (including phenoxy) is 1. The lowest BCUT2D eigenvalue weighted by atomic mass is 9.82. The molecule has 1 N–H and O–H groups in total. The molecule has 2 saturated heterocycles. The number of hydrogen-bond acceptors (Lipinski definition) is 3. The van der Waals surface area contributed by atoms with Crippen LogP contribution in [-0.4, -0.2) is 52.1 Å². The molecule has 2 amide bonds. The first-order valence-electron chi connectivity index (χ1n) is 8.61. The first kappa shape index (κ1) is 17.0. The van der Waals surface area contributed by atoms with E-state index in [1.54, 1.807) is 7.05 Å². The molecule has 1 spiro atoms. The maximum absolute atomic E-state index is 13.2. The van der Waals surface area contributed by atoms with Gasteiger partial charge in [0.05, 0.1) is 23.7 Å².